The molecule has 0 unspecified atom stereocenters. The summed E-state index contributed by atoms with van der Waals surface area (Å²) in [7, 11) is 4.12. The molecule has 1 aromatic heterocycles. The van der Waals surface area contributed by atoms with E-state index in [0.29, 0.717) is 5.88 Å². The molecule has 0 aliphatic heterocycles. The Bertz CT molecular complexity index is 355. The average Bonchev–Trinajstić information content (AvgIpc) is 2.91. The Morgan fingerprint density at radius 3 is 2.73 bits per heavy atom. The van der Waals surface area contributed by atoms with Gasteiger partial charge in [-0.15, -0.1) is 11.6 Å². The highest BCUT2D eigenvalue weighted by molar-refractivity contribution is 6.17. The van der Waals surface area contributed by atoms with Crippen molar-refractivity contribution in [2.75, 3.05) is 18.5 Å². The standard InChI is InChI=1S/C11H18ClN3/c1-8-10(6-12)11(15(3)13-8)14(2)7-9-4-5-9/h9H,4-7H2,1-3H3. The number of hydrogen-bond donors (Lipinski definition) is 0. The summed E-state index contributed by atoms with van der Waals surface area (Å²) in [5.74, 6) is 2.60. The number of aromatic nitrogens is 2. The van der Waals surface area contributed by atoms with E-state index in [0.717, 1.165) is 18.2 Å². The van der Waals surface area contributed by atoms with E-state index in [1.807, 2.05) is 18.7 Å². The number of hydrogen-bond acceptors (Lipinski definition) is 2. The molecule has 1 aromatic rings. The molecule has 0 aromatic carbocycles. The van der Waals surface area contributed by atoms with Gasteiger partial charge in [-0.2, -0.15) is 5.10 Å². The van der Waals surface area contributed by atoms with E-state index in [1.54, 1.807) is 0 Å². The van der Waals surface area contributed by atoms with Gasteiger partial charge in [0.05, 0.1) is 11.6 Å². The molecule has 1 heterocycles. The minimum absolute atomic E-state index is 0.546. The van der Waals surface area contributed by atoms with E-state index in [9.17, 15) is 0 Å². The second-order valence-electron chi connectivity index (χ2n) is 4.47. The Morgan fingerprint density at radius 1 is 1.53 bits per heavy atom. The monoisotopic (exact) mass is 227 g/mol. The van der Waals surface area contributed by atoms with Crippen molar-refractivity contribution in [2.24, 2.45) is 13.0 Å². The smallest absolute Gasteiger partial charge is 0.130 e. The van der Waals surface area contributed by atoms with Gasteiger partial charge in [-0.25, -0.2) is 0 Å². The minimum atomic E-state index is 0.546. The number of nitrogens with zero attached hydrogens (tertiary/aromatic N) is 3. The van der Waals surface area contributed by atoms with Crippen LogP contribution in [0.4, 0.5) is 5.82 Å². The second kappa shape index (κ2) is 4.05. The van der Waals surface area contributed by atoms with Crippen molar-refractivity contribution in [3.63, 3.8) is 0 Å². The maximum Gasteiger partial charge on any atom is 0.130 e. The largest absolute Gasteiger partial charge is 0.359 e. The van der Waals surface area contributed by atoms with Gasteiger partial charge in [0.25, 0.3) is 0 Å². The Balaban J connectivity index is 2.23. The van der Waals surface area contributed by atoms with Gasteiger partial charge in [0, 0.05) is 26.2 Å². The Hall–Kier alpha value is -0.700. The fourth-order valence-electron chi connectivity index (χ4n) is 2.10. The first-order valence-electron chi connectivity index (χ1n) is 5.43. The van der Waals surface area contributed by atoms with Crippen LogP contribution in [0.5, 0.6) is 0 Å². The van der Waals surface area contributed by atoms with Gasteiger partial charge < -0.3 is 4.90 Å². The molecule has 2 rings (SSSR count). The summed E-state index contributed by atoms with van der Waals surface area (Å²) < 4.78 is 1.94. The first kappa shape index (κ1) is 10.8. The van der Waals surface area contributed by atoms with Crippen molar-refractivity contribution in [2.45, 2.75) is 25.6 Å². The van der Waals surface area contributed by atoms with E-state index in [-0.39, 0.29) is 0 Å². The van der Waals surface area contributed by atoms with Crippen molar-refractivity contribution in [3.8, 4) is 0 Å². The fourth-order valence-corrected chi connectivity index (χ4v) is 2.41. The van der Waals surface area contributed by atoms with Crippen LogP contribution in [0, 0.1) is 12.8 Å². The summed E-state index contributed by atoms with van der Waals surface area (Å²) >= 11 is 5.97. The normalized spacial score (nSPS) is 15.7. The molecule has 0 bridgehead atoms. The van der Waals surface area contributed by atoms with Crippen LogP contribution in [0.25, 0.3) is 0 Å². The van der Waals surface area contributed by atoms with Gasteiger partial charge in [-0.1, -0.05) is 0 Å². The molecule has 0 saturated heterocycles. The lowest BCUT2D eigenvalue weighted by molar-refractivity contribution is 0.703. The topological polar surface area (TPSA) is 21.1 Å². The molecule has 0 N–H and O–H groups in total. The fraction of sp³-hybridized carbons (Fsp3) is 0.727. The van der Waals surface area contributed by atoms with Gasteiger partial charge >= 0.3 is 0 Å². The van der Waals surface area contributed by atoms with Gasteiger partial charge in [0.2, 0.25) is 0 Å². The Kier molecular flexibility index (Phi) is 2.91. The predicted molar refractivity (Wildman–Crippen MR) is 63.5 cm³/mol. The summed E-state index contributed by atoms with van der Waals surface area (Å²) in [5.41, 5.74) is 2.22. The summed E-state index contributed by atoms with van der Waals surface area (Å²) in [4.78, 5) is 2.29. The molecule has 84 valence electrons. The van der Waals surface area contributed by atoms with E-state index < -0.39 is 0 Å². The van der Waals surface area contributed by atoms with Gasteiger partial charge in [-0.3, -0.25) is 4.68 Å². The maximum absolute atomic E-state index is 5.97. The van der Waals surface area contributed by atoms with Crippen molar-refractivity contribution < 1.29 is 0 Å². The molecule has 1 saturated carbocycles. The zero-order valence-electron chi connectivity index (χ0n) is 9.63. The van der Waals surface area contributed by atoms with E-state index in [4.69, 9.17) is 11.6 Å². The van der Waals surface area contributed by atoms with E-state index >= 15 is 0 Å². The predicted octanol–water partition coefficient (Wildman–Crippen LogP) is 2.31. The lowest BCUT2D eigenvalue weighted by atomic mass is 10.2. The van der Waals surface area contributed by atoms with Gasteiger partial charge in [-0.05, 0) is 25.7 Å². The number of alkyl halides is 1. The molecule has 1 aliphatic carbocycles. The maximum atomic E-state index is 5.97. The van der Waals surface area contributed by atoms with Crippen molar-refractivity contribution in [1.82, 2.24) is 9.78 Å². The van der Waals surface area contributed by atoms with Gasteiger partial charge in [0.15, 0.2) is 0 Å². The van der Waals surface area contributed by atoms with Crippen LogP contribution in [-0.4, -0.2) is 23.4 Å². The molecule has 0 atom stereocenters. The lowest BCUT2D eigenvalue weighted by Gasteiger charge is -2.20. The van der Waals surface area contributed by atoms with Crippen LogP contribution in [0.1, 0.15) is 24.1 Å². The summed E-state index contributed by atoms with van der Waals surface area (Å²) in [6.07, 6.45) is 2.74. The molecular weight excluding hydrogens is 210 g/mol. The molecule has 4 heteroatoms. The number of halogens is 1. The summed E-state index contributed by atoms with van der Waals surface area (Å²) in [5, 5.41) is 4.42. The summed E-state index contributed by atoms with van der Waals surface area (Å²) in [6.45, 7) is 3.15. The van der Waals surface area contributed by atoms with Crippen molar-refractivity contribution >= 4 is 17.4 Å². The third-order valence-corrected chi connectivity index (χ3v) is 3.30. The molecule has 1 fully saturated rings. The Morgan fingerprint density at radius 2 is 2.20 bits per heavy atom. The SMILES string of the molecule is Cc1nn(C)c(N(C)CC2CC2)c1CCl. The van der Waals surface area contributed by atoms with Crippen molar-refractivity contribution in [3.05, 3.63) is 11.3 Å². The van der Waals surface area contributed by atoms with E-state index in [1.165, 1.54) is 24.2 Å². The minimum Gasteiger partial charge on any atom is -0.359 e. The van der Waals surface area contributed by atoms with Gasteiger partial charge in [0.1, 0.15) is 5.82 Å². The molecule has 15 heavy (non-hydrogen) atoms. The number of rotatable bonds is 4. The first-order valence-corrected chi connectivity index (χ1v) is 5.96. The summed E-state index contributed by atoms with van der Waals surface area (Å²) in [6, 6.07) is 0. The second-order valence-corrected chi connectivity index (χ2v) is 4.74. The molecular formula is C11H18ClN3. The van der Waals surface area contributed by atoms with Crippen LogP contribution in [-0.2, 0) is 12.9 Å². The lowest BCUT2D eigenvalue weighted by Crippen LogP contribution is -2.23. The highest BCUT2D eigenvalue weighted by Gasteiger charge is 2.25. The molecule has 0 spiro atoms. The van der Waals surface area contributed by atoms with Crippen LogP contribution in [0.2, 0.25) is 0 Å². The zero-order chi connectivity index (χ0) is 11.0. The van der Waals surface area contributed by atoms with Crippen LogP contribution >= 0.6 is 11.6 Å². The molecule has 3 nitrogen and oxygen atoms in total. The molecule has 0 amide bonds. The highest BCUT2D eigenvalue weighted by Crippen LogP contribution is 2.32. The van der Waals surface area contributed by atoms with Crippen molar-refractivity contribution in [1.29, 1.82) is 0 Å². The molecule has 1 aliphatic rings. The average molecular weight is 228 g/mol. The van der Waals surface area contributed by atoms with Crippen LogP contribution in [0.15, 0.2) is 0 Å². The zero-order valence-corrected chi connectivity index (χ0v) is 10.4. The van der Waals surface area contributed by atoms with Crippen LogP contribution < -0.4 is 4.90 Å². The highest BCUT2D eigenvalue weighted by atomic mass is 35.5. The third-order valence-electron chi connectivity index (χ3n) is 3.04. The first-order chi connectivity index (χ1) is 7.13. The number of anilines is 1. The molecule has 0 radical (unpaired) electrons. The third kappa shape index (κ3) is 2.12. The van der Waals surface area contributed by atoms with E-state index in [2.05, 4.69) is 17.0 Å². The Labute approximate surface area is 96.0 Å². The quantitative estimate of drug-likeness (QED) is 0.737. The number of aryl methyl sites for hydroxylation is 2. The van der Waals surface area contributed by atoms with Crippen LogP contribution in [0.3, 0.4) is 0 Å².